The predicted molar refractivity (Wildman–Crippen MR) is 47.0 cm³/mol. The van der Waals surface area contributed by atoms with Gasteiger partial charge in [-0.2, -0.15) is 0 Å². The molecule has 0 aliphatic rings. The molecule has 1 rings (SSSR count). The minimum absolute atomic E-state index is 0.157. The molecule has 1 aromatic rings. The predicted octanol–water partition coefficient (Wildman–Crippen LogP) is 0.925. The number of hydrogen-bond donors (Lipinski definition) is 1. The highest BCUT2D eigenvalue weighted by atomic mass is 16.6. The van der Waals surface area contributed by atoms with Gasteiger partial charge in [-0.25, -0.2) is 0 Å². The van der Waals surface area contributed by atoms with Crippen LogP contribution in [-0.4, -0.2) is 21.0 Å². The molecule has 1 aromatic heterocycles. The number of nitro groups is 1. The minimum Gasteiger partial charge on any atom is -0.481 e. The Balaban J connectivity index is 3.22. The molecular weight excluding hydrogens is 188 g/mol. The van der Waals surface area contributed by atoms with E-state index in [4.69, 9.17) is 5.11 Å². The van der Waals surface area contributed by atoms with Crippen molar-refractivity contribution in [2.24, 2.45) is 0 Å². The summed E-state index contributed by atoms with van der Waals surface area (Å²) in [5, 5.41) is 19.1. The molecule has 0 saturated carbocycles. The number of pyridine rings is 1. The van der Waals surface area contributed by atoms with Crippen LogP contribution >= 0.6 is 0 Å². The highest BCUT2D eigenvalue weighted by molar-refractivity contribution is 5.72. The smallest absolute Gasteiger partial charge is 0.308 e. The minimum atomic E-state index is -1.11. The Hall–Kier alpha value is -1.98. The second-order valence-electron chi connectivity index (χ2n) is 2.72. The van der Waals surface area contributed by atoms with Gasteiger partial charge in [-0.15, -0.1) is 0 Å². The molecule has 1 N–H and O–H groups in total. The van der Waals surface area contributed by atoms with Crippen LogP contribution in [0.2, 0.25) is 0 Å². The van der Waals surface area contributed by atoms with Crippen molar-refractivity contribution in [2.75, 3.05) is 0 Å². The third kappa shape index (κ3) is 2.03. The van der Waals surface area contributed by atoms with Gasteiger partial charge in [0.1, 0.15) is 0 Å². The number of aromatic nitrogens is 1. The molecule has 0 bridgehead atoms. The standard InChI is InChI=1S/C8H8N2O4/c1-5-6(4-8(11)12)7(10(13)14)2-3-9-5/h2-3H,4H2,1H3,(H,11,12). The van der Waals surface area contributed by atoms with Crippen LogP contribution in [0.5, 0.6) is 0 Å². The Kier molecular flexibility index (Phi) is 2.76. The highest BCUT2D eigenvalue weighted by Crippen LogP contribution is 2.20. The molecule has 0 aliphatic carbocycles. The van der Waals surface area contributed by atoms with Gasteiger partial charge in [0.05, 0.1) is 16.9 Å². The van der Waals surface area contributed by atoms with Gasteiger partial charge >= 0.3 is 5.97 Å². The van der Waals surface area contributed by atoms with Crippen LogP contribution in [0, 0.1) is 17.0 Å². The Bertz CT molecular complexity index is 389. The summed E-state index contributed by atoms with van der Waals surface area (Å²) in [5.74, 6) is -1.11. The molecule has 6 nitrogen and oxygen atoms in total. The van der Waals surface area contributed by atoms with E-state index >= 15 is 0 Å². The summed E-state index contributed by atoms with van der Waals surface area (Å²) < 4.78 is 0. The van der Waals surface area contributed by atoms with Gasteiger partial charge in [-0.3, -0.25) is 19.9 Å². The fourth-order valence-electron chi connectivity index (χ4n) is 1.12. The summed E-state index contributed by atoms with van der Waals surface area (Å²) in [4.78, 5) is 24.2. The molecule has 0 unspecified atom stereocenters. The number of carboxylic acids is 1. The van der Waals surface area contributed by atoms with E-state index in [9.17, 15) is 14.9 Å². The number of carbonyl (C=O) groups is 1. The monoisotopic (exact) mass is 196 g/mol. The van der Waals surface area contributed by atoms with Gasteiger partial charge < -0.3 is 5.11 Å². The zero-order valence-corrected chi connectivity index (χ0v) is 7.43. The molecule has 6 heteroatoms. The van der Waals surface area contributed by atoms with Gasteiger partial charge in [0, 0.05) is 18.0 Å². The molecule has 0 spiro atoms. The SMILES string of the molecule is Cc1nccc([N+](=O)[O-])c1CC(=O)O. The lowest BCUT2D eigenvalue weighted by atomic mass is 10.1. The Labute approximate surface area is 79.4 Å². The topological polar surface area (TPSA) is 93.3 Å². The maximum Gasteiger partial charge on any atom is 0.308 e. The van der Waals surface area contributed by atoms with E-state index in [2.05, 4.69) is 4.98 Å². The van der Waals surface area contributed by atoms with Gasteiger partial charge in [-0.05, 0) is 6.92 Å². The molecule has 0 fully saturated rings. The van der Waals surface area contributed by atoms with Gasteiger partial charge in [0.25, 0.3) is 5.69 Å². The zero-order valence-electron chi connectivity index (χ0n) is 7.43. The normalized spacial score (nSPS) is 9.79. The maximum absolute atomic E-state index is 10.5. The van der Waals surface area contributed by atoms with Crippen LogP contribution in [0.1, 0.15) is 11.3 Å². The average Bonchev–Trinajstić information content (AvgIpc) is 2.07. The van der Waals surface area contributed by atoms with Crippen LogP contribution in [-0.2, 0) is 11.2 Å². The number of aryl methyl sites for hydroxylation is 1. The van der Waals surface area contributed by atoms with Crippen molar-refractivity contribution in [3.8, 4) is 0 Å². The van der Waals surface area contributed by atoms with Gasteiger partial charge in [-0.1, -0.05) is 0 Å². The Morgan fingerprint density at radius 2 is 2.36 bits per heavy atom. The lowest BCUT2D eigenvalue weighted by molar-refractivity contribution is -0.385. The molecule has 0 aromatic carbocycles. The second kappa shape index (κ2) is 3.82. The zero-order chi connectivity index (χ0) is 10.7. The lowest BCUT2D eigenvalue weighted by Gasteiger charge is -2.02. The van der Waals surface area contributed by atoms with Gasteiger partial charge in [0.2, 0.25) is 0 Å². The first-order valence-electron chi connectivity index (χ1n) is 3.83. The van der Waals surface area contributed by atoms with Crippen molar-refractivity contribution in [3.05, 3.63) is 33.6 Å². The summed E-state index contributed by atoms with van der Waals surface area (Å²) in [6.07, 6.45) is 0.912. The Morgan fingerprint density at radius 1 is 1.71 bits per heavy atom. The van der Waals surface area contributed by atoms with E-state index in [0.29, 0.717) is 5.69 Å². The number of rotatable bonds is 3. The molecule has 14 heavy (non-hydrogen) atoms. The van der Waals surface area contributed by atoms with Crippen molar-refractivity contribution in [1.82, 2.24) is 4.98 Å². The molecule has 0 atom stereocenters. The number of aliphatic carboxylic acids is 1. The maximum atomic E-state index is 10.5. The van der Waals surface area contributed by atoms with Crippen LogP contribution in [0.4, 0.5) is 5.69 Å². The highest BCUT2D eigenvalue weighted by Gasteiger charge is 2.18. The quantitative estimate of drug-likeness (QED) is 0.573. The van der Waals surface area contributed by atoms with Crippen molar-refractivity contribution in [1.29, 1.82) is 0 Å². The third-order valence-electron chi connectivity index (χ3n) is 1.77. The largest absolute Gasteiger partial charge is 0.481 e. The van der Waals surface area contributed by atoms with Crippen molar-refractivity contribution < 1.29 is 14.8 Å². The first-order chi connectivity index (χ1) is 6.52. The second-order valence-corrected chi connectivity index (χ2v) is 2.72. The van der Waals surface area contributed by atoms with Crippen LogP contribution in [0.25, 0.3) is 0 Å². The van der Waals surface area contributed by atoms with Crippen molar-refractivity contribution in [3.63, 3.8) is 0 Å². The molecule has 0 amide bonds. The van der Waals surface area contributed by atoms with E-state index in [0.717, 1.165) is 0 Å². The molecule has 74 valence electrons. The first-order valence-corrected chi connectivity index (χ1v) is 3.83. The third-order valence-corrected chi connectivity index (χ3v) is 1.77. The van der Waals surface area contributed by atoms with E-state index in [1.807, 2.05) is 0 Å². The average molecular weight is 196 g/mol. The Morgan fingerprint density at radius 3 is 2.86 bits per heavy atom. The van der Waals surface area contributed by atoms with E-state index in [-0.39, 0.29) is 17.7 Å². The summed E-state index contributed by atoms with van der Waals surface area (Å²) in [6.45, 7) is 1.55. The van der Waals surface area contributed by atoms with Crippen LogP contribution < -0.4 is 0 Å². The molecule has 0 aliphatic heterocycles. The fourth-order valence-corrected chi connectivity index (χ4v) is 1.12. The summed E-state index contributed by atoms with van der Waals surface area (Å²) in [7, 11) is 0. The summed E-state index contributed by atoms with van der Waals surface area (Å²) >= 11 is 0. The van der Waals surface area contributed by atoms with Crippen molar-refractivity contribution in [2.45, 2.75) is 13.3 Å². The van der Waals surface area contributed by atoms with Crippen molar-refractivity contribution >= 4 is 11.7 Å². The fraction of sp³-hybridized carbons (Fsp3) is 0.250. The summed E-state index contributed by atoms with van der Waals surface area (Å²) in [6, 6.07) is 1.20. The number of carboxylic acid groups (broad SMARTS) is 1. The van der Waals surface area contributed by atoms with E-state index < -0.39 is 10.9 Å². The van der Waals surface area contributed by atoms with Crippen LogP contribution in [0.3, 0.4) is 0 Å². The molecular formula is C8H8N2O4. The van der Waals surface area contributed by atoms with E-state index in [1.165, 1.54) is 12.3 Å². The first kappa shape index (κ1) is 10.1. The number of nitrogens with zero attached hydrogens (tertiary/aromatic N) is 2. The molecule has 0 saturated heterocycles. The van der Waals surface area contributed by atoms with Gasteiger partial charge in [0.15, 0.2) is 0 Å². The van der Waals surface area contributed by atoms with E-state index in [1.54, 1.807) is 6.92 Å². The molecule has 1 heterocycles. The van der Waals surface area contributed by atoms with Crippen LogP contribution in [0.15, 0.2) is 12.3 Å². The number of hydrogen-bond acceptors (Lipinski definition) is 4. The lowest BCUT2D eigenvalue weighted by Crippen LogP contribution is -2.06. The molecule has 0 radical (unpaired) electrons. The summed E-state index contributed by atoms with van der Waals surface area (Å²) in [5.41, 5.74) is 0.339.